The van der Waals surface area contributed by atoms with Crippen molar-refractivity contribution >= 4 is 21.4 Å². The van der Waals surface area contributed by atoms with E-state index in [1.165, 1.54) is 17.5 Å². The number of sulfonamides is 1. The van der Waals surface area contributed by atoms with Crippen molar-refractivity contribution in [3.8, 4) is 0 Å². The summed E-state index contributed by atoms with van der Waals surface area (Å²) in [5, 5.41) is 6.83. The first-order valence-electron chi connectivity index (χ1n) is 6.80. The fourth-order valence-electron chi connectivity index (χ4n) is 1.72. The Morgan fingerprint density at radius 3 is 2.86 bits per heavy atom. The van der Waals surface area contributed by atoms with Gasteiger partial charge in [-0.15, -0.1) is 11.3 Å². The summed E-state index contributed by atoms with van der Waals surface area (Å²) in [7, 11) is -3.49. The lowest BCUT2D eigenvalue weighted by Crippen LogP contribution is -2.22. The highest BCUT2D eigenvalue weighted by atomic mass is 32.2. The van der Waals surface area contributed by atoms with E-state index in [0.29, 0.717) is 9.97 Å². The van der Waals surface area contributed by atoms with Crippen molar-refractivity contribution in [3.63, 3.8) is 0 Å². The third-order valence-electron chi connectivity index (χ3n) is 2.80. The fourth-order valence-corrected chi connectivity index (χ4v) is 4.11. The van der Waals surface area contributed by atoms with Gasteiger partial charge in [-0.2, -0.15) is 0 Å². The molecule has 8 heteroatoms. The van der Waals surface area contributed by atoms with Crippen molar-refractivity contribution < 1.29 is 12.9 Å². The minimum atomic E-state index is -3.49. The summed E-state index contributed by atoms with van der Waals surface area (Å²) in [5.41, 5.74) is 0. The van der Waals surface area contributed by atoms with Crippen LogP contribution in [0.2, 0.25) is 0 Å². The Kier molecular flexibility index (Phi) is 5.92. The minimum absolute atomic E-state index is 0.105. The molecule has 0 unspecified atom stereocenters. The molecule has 0 saturated heterocycles. The molecular weight excluding hydrogens is 310 g/mol. The molecule has 0 aliphatic rings. The summed E-state index contributed by atoms with van der Waals surface area (Å²) in [4.78, 5) is 1.05. The molecule has 2 heterocycles. The van der Waals surface area contributed by atoms with E-state index in [1.54, 1.807) is 12.1 Å². The first-order valence-corrected chi connectivity index (χ1v) is 9.10. The van der Waals surface area contributed by atoms with Crippen LogP contribution in [-0.2, 0) is 23.0 Å². The second kappa shape index (κ2) is 7.69. The number of aromatic nitrogens is 1. The van der Waals surface area contributed by atoms with Crippen molar-refractivity contribution in [2.75, 3.05) is 13.1 Å². The largest absolute Gasteiger partial charge is 0.360 e. The van der Waals surface area contributed by atoms with E-state index in [4.69, 9.17) is 4.52 Å². The number of thiophene rings is 1. The normalized spacial score (nSPS) is 11.9. The van der Waals surface area contributed by atoms with E-state index in [-0.39, 0.29) is 6.54 Å². The first kappa shape index (κ1) is 16.2. The summed E-state index contributed by atoms with van der Waals surface area (Å²) in [5.74, 6) is 0.485. The highest BCUT2D eigenvalue weighted by molar-refractivity contribution is 7.91. The smallest absolute Gasteiger partial charge is 0.250 e. The van der Waals surface area contributed by atoms with E-state index < -0.39 is 10.0 Å². The van der Waals surface area contributed by atoms with Gasteiger partial charge in [-0.25, -0.2) is 13.1 Å². The average Bonchev–Trinajstić information content (AvgIpc) is 3.13. The van der Waals surface area contributed by atoms with Gasteiger partial charge >= 0.3 is 0 Å². The standard InChI is InChI=1S/C13H19N3O3S2/c1-2-7-14-8-6-12-3-4-13(20-12)21(17,18)16-10-11-5-9-15-19-11/h3-5,9,14,16H,2,6-8,10H2,1H3. The van der Waals surface area contributed by atoms with Crippen LogP contribution in [0.3, 0.4) is 0 Å². The predicted octanol–water partition coefficient (Wildman–Crippen LogP) is 1.76. The highest BCUT2D eigenvalue weighted by Gasteiger charge is 2.17. The van der Waals surface area contributed by atoms with Crippen molar-refractivity contribution in [1.29, 1.82) is 0 Å². The summed E-state index contributed by atoms with van der Waals surface area (Å²) in [6.07, 6.45) is 3.41. The number of hydrogen-bond donors (Lipinski definition) is 2. The van der Waals surface area contributed by atoms with Crippen LogP contribution in [0.15, 0.2) is 33.1 Å². The van der Waals surface area contributed by atoms with E-state index in [9.17, 15) is 8.42 Å². The van der Waals surface area contributed by atoms with Crippen molar-refractivity contribution in [3.05, 3.63) is 35.0 Å². The highest BCUT2D eigenvalue weighted by Crippen LogP contribution is 2.21. The van der Waals surface area contributed by atoms with Gasteiger partial charge in [0.15, 0.2) is 5.76 Å². The van der Waals surface area contributed by atoms with Crippen LogP contribution in [0.1, 0.15) is 24.0 Å². The number of nitrogens with zero attached hydrogens (tertiary/aromatic N) is 1. The topological polar surface area (TPSA) is 84.2 Å². The van der Waals surface area contributed by atoms with Gasteiger partial charge in [-0.3, -0.25) is 0 Å². The maximum atomic E-state index is 12.1. The molecule has 0 radical (unpaired) electrons. The molecule has 0 aliphatic heterocycles. The Hall–Kier alpha value is -1.22. The Labute approximate surface area is 128 Å². The SMILES string of the molecule is CCCNCCc1ccc(S(=O)(=O)NCc2ccno2)s1. The second-order valence-corrected chi connectivity index (χ2v) is 7.69. The van der Waals surface area contributed by atoms with Crippen LogP contribution in [0.5, 0.6) is 0 Å². The van der Waals surface area contributed by atoms with Crippen LogP contribution < -0.4 is 10.0 Å². The Balaban J connectivity index is 1.89. The number of rotatable bonds is 9. The minimum Gasteiger partial charge on any atom is -0.360 e. The molecule has 2 aromatic rings. The molecule has 2 aromatic heterocycles. The molecule has 21 heavy (non-hydrogen) atoms. The molecule has 0 bridgehead atoms. The van der Waals surface area contributed by atoms with Gasteiger partial charge in [0.05, 0.1) is 12.7 Å². The van der Waals surface area contributed by atoms with Gasteiger partial charge in [-0.05, 0) is 38.1 Å². The average molecular weight is 329 g/mol. The predicted molar refractivity (Wildman–Crippen MR) is 81.7 cm³/mol. The van der Waals surface area contributed by atoms with Crippen molar-refractivity contribution in [1.82, 2.24) is 15.2 Å². The summed E-state index contributed by atoms with van der Waals surface area (Å²) in [6.45, 7) is 4.06. The molecule has 0 amide bonds. The number of hydrogen-bond acceptors (Lipinski definition) is 6. The molecule has 116 valence electrons. The summed E-state index contributed by atoms with van der Waals surface area (Å²) < 4.78 is 32.0. The quantitative estimate of drug-likeness (QED) is 0.685. The van der Waals surface area contributed by atoms with E-state index >= 15 is 0 Å². The van der Waals surface area contributed by atoms with Crippen LogP contribution in [0, 0.1) is 0 Å². The van der Waals surface area contributed by atoms with E-state index in [1.807, 2.05) is 6.07 Å². The third-order valence-corrected chi connectivity index (χ3v) is 5.84. The molecule has 0 aliphatic carbocycles. The van der Waals surface area contributed by atoms with Crippen LogP contribution >= 0.6 is 11.3 Å². The molecule has 0 spiro atoms. The van der Waals surface area contributed by atoms with Gasteiger partial charge < -0.3 is 9.84 Å². The molecule has 2 N–H and O–H groups in total. The lowest BCUT2D eigenvalue weighted by atomic mass is 10.3. The lowest BCUT2D eigenvalue weighted by Gasteiger charge is -2.02. The van der Waals surface area contributed by atoms with Crippen LogP contribution in [0.4, 0.5) is 0 Å². The van der Waals surface area contributed by atoms with Crippen LogP contribution in [-0.4, -0.2) is 26.7 Å². The van der Waals surface area contributed by atoms with Crippen molar-refractivity contribution in [2.45, 2.75) is 30.5 Å². The molecular formula is C13H19N3O3S2. The maximum absolute atomic E-state index is 12.1. The Morgan fingerprint density at radius 1 is 1.29 bits per heavy atom. The Bertz CT molecular complexity index is 635. The summed E-state index contributed by atoms with van der Waals surface area (Å²) in [6, 6.07) is 5.13. The molecule has 0 atom stereocenters. The molecule has 0 fully saturated rings. The molecule has 6 nitrogen and oxygen atoms in total. The van der Waals surface area contributed by atoms with Crippen LogP contribution in [0.25, 0.3) is 0 Å². The molecule has 2 rings (SSSR count). The zero-order valence-electron chi connectivity index (χ0n) is 11.8. The second-order valence-electron chi connectivity index (χ2n) is 4.52. The Morgan fingerprint density at radius 2 is 2.14 bits per heavy atom. The van der Waals surface area contributed by atoms with Crippen molar-refractivity contribution in [2.24, 2.45) is 0 Å². The van der Waals surface area contributed by atoms with Gasteiger partial charge in [-0.1, -0.05) is 12.1 Å². The first-order chi connectivity index (χ1) is 10.1. The zero-order valence-corrected chi connectivity index (χ0v) is 13.5. The number of nitrogens with one attached hydrogen (secondary N) is 2. The third kappa shape index (κ3) is 4.92. The molecule has 0 saturated carbocycles. The maximum Gasteiger partial charge on any atom is 0.250 e. The van der Waals surface area contributed by atoms with E-state index in [0.717, 1.165) is 30.8 Å². The lowest BCUT2D eigenvalue weighted by molar-refractivity contribution is 0.380. The van der Waals surface area contributed by atoms with Gasteiger partial charge in [0.1, 0.15) is 4.21 Å². The zero-order chi connectivity index (χ0) is 15.1. The fraction of sp³-hybridized carbons (Fsp3) is 0.462. The monoisotopic (exact) mass is 329 g/mol. The van der Waals surface area contributed by atoms with Gasteiger partial charge in [0.25, 0.3) is 0 Å². The van der Waals surface area contributed by atoms with Gasteiger partial charge in [0, 0.05) is 10.9 Å². The summed E-state index contributed by atoms with van der Waals surface area (Å²) >= 11 is 1.30. The molecule has 0 aromatic carbocycles. The van der Waals surface area contributed by atoms with E-state index in [2.05, 4.69) is 22.1 Å². The van der Waals surface area contributed by atoms with Gasteiger partial charge in [0.2, 0.25) is 10.0 Å².